The Hall–Kier alpha value is -1.02. The summed E-state index contributed by atoms with van der Waals surface area (Å²) in [6, 6.07) is 6.49. The van der Waals surface area contributed by atoms with Gasteiger partial charge in [0, 0.05) is 19.5 Å². The van der Waals surface area contributed by atoms with Gasteiger partial charge in [0.15, 0.2) is 0 Å². The second kappa shape index (κ2) is 4.58. The van der Waals surface area contributed by atoms with Crippen LogP contribution in [0.25, 0.3) is 0 Å². The lowest BCUT2D eigenvalue weighted by molar-refractivity contribution is 0.146. The van der Waals surface area contributed by atoms with Crippen molar-refractivity contribution in [2.24, 2.45) is 5.41 Å². The van der Waals surface area contributed by atoms with E-state index in [1.54, 1.807) is 0 Å². The normalized spacial score (nSPS) is 24.2. The van der Waals surface area contributed by atoms with Crippen molar-refractivity contribution in [1.82, 2.24) is 5.32 Å². The van der Waals surface area contributed by atoms with Gasteiger partial charge in [-0.3, -0.25) is 0 Å². The molecular formula is C16H23NO. The molecule has 2 aliphatic rings. The van der Waals surface area contributed by atoms with E-state index in [1.165, 1.54) is 30.4 Å². The standard InChI is InChI=1S/C16H23NO/c1-12-4-5-15-13(8-12)9-14(18-15)10-17-11-16(2)6-3-7-16/h4-5,8,14,17H,3,6-7,9-11H2,1-2H3. The van der Waals surface area contributed by atoms with Crippen LogP contribution in [0.3, 0.4) is 0 Å². The summed E-state index contributed by atoms with van der Waals surface area (Å²) in [5.74, 6) is 1.09. The lowest BCUT2D eigenvalue weighted by Gasteiger charge is -2.38. The predicted octanol–water partition coefficient (Wildman–Crippen LogP) is 3.08. The second-order valence-electron chi connectivity index (χ2n) is 6.35. The molecule has 0 radical (unpaired) electrons. The molecule has 1 heterocycles. The van der Waals surface area contributed by atoms with E-state index in [1.807, 2.05) is 0 Å². The van der Waals surface area contributed by atoms with E-state index in [0.29, 0.717) is 11.5 Å². The Kier molecular flexibility index (Phi) is 3.06. The van der Waals surface area contributed by atoms with Gasteiger partial charge in [-0.15, -0.1) is 0 Å². The molecule has 0 aromatic heterocycles. The summed E-state index contributed by atoms with van der Waals surface area (Å²) in [4.78, 5) is 0. The number of rotatable bonds is 4. The molecule has 2 nitrogen and oxygen atoms in total. The van der Waals surface area contributed by atoms with Crippen LogP contribution in [0.1, 0.15) is 37.3 Å². The highest BCUT2D eigenvalue weighted by atomic mass is 16.5. The smallest absolute Gasteiger partial charge is 0.123 e. The topological polar surface area (TPSA) is 21.3 Å². The Bertz CT molecular complexity index is 437. The largest absolute Gasteiger partial charge is 0.488 e. The van der Waals surface area contributed by atoms with Crippen LogP contribution in [0.5, 0.6) is 5.75 Å². The molecule has 2 heteroatoms. The zero-order chi connectivity index (χ0) is 12.6. The zero-order valence-electron chi connectivity index (χ0n) is 11.5. The first-order valence-electron chi connectivity index (χ1n) is 7.12. The molecule has 0 amide bonds. The molecule has 98 valence electrons. The molecule has 0 bridgehead atoms. The predicted molar refractivity (Wildman–Crippen MR) is 74.1 cm³/mol. The first-order chi connectivity index (χ1) is 8.65. The van der Waals surface area contributed by atoms with Gasteiger partial charge in [-0.05, 0) is 36.8 Å². The zero-order valence-corrected chi connectivity index (χ0v) is 11.5. The molecule has 1 atom stereocenters. The van der Waals surface area contributed by atoms with Crippen LogP contribution in [0.15, 0.2) is 18.2 Å². The fourth-order valence-corrected chi connectivity index (χ4v) is 3.06. The van der Waals surface area contributed by atoms with E-state index in [2.05, 4.69) is 37.4 Å². The van der Waals surface area contributed by atoms with Crippen molar-refractivity contribution in [1.29, 1.82) is 0 Å². The fraction of sp³-hybridized carbons (Fsp3) is 0.625. The van der Waals surface area contributed by atoms with Crippen molar-refractivity contribution in [3.63, 3.8) is 0 Å². The Morgan fingerprint density at radius 3 is 2.94 bits per heavy atom. The summed E-state index contributed by atoms with van der Waals surface area (Å²) in [6.45, 7) is 6.64. The number of aryl methyl sites for hydroxylation is 1. The van der Waals surface area contributed by atoms with Gasteiger partial charge in [0.05, 0.1) is 0 Å². The van der Waals surface area contributed by atoms with E-state index in [9.17, 15) is 0 Å². The molecule has 1 unspecified atom stereocenters. The monoisotopic (exact) mass is 245 g/mol. The Balaban J connectivity index is 1.49. The first kappa shape index (κ1) is 12.0. The maximum absolute atomic E-state index is 5.97. The minimum atomic E-state index is 0.325. The third-order valence-corrected chi connectivity index (χ3v) is 4.44. The van der Waals surface area contributed by atoms with Crippen LogP contribution >= 0.6 is 0 Å². The lowest BCUT2D eigenvalue weighted by atomic mass is 9.70. The molecule has 1 aromatic rings. The Labute approximate surface area is 110 Å². The molecule has 0 spiro atoms. The van der Waals surface area contributed by atoms with Gasteiger partial charge in [0.2, 0.25) is 0 Å². The average molecular weight is 245 g/mol. The van der Waals surface area contributed by atoms with E-state index >= 15 is 0 Å². The SMILES string of the molecule is Cc1ccc2c(c1)CC(CNCC1(C)CCC1)O2. The minimum Gasteiger partial charge on any atom is -0.488 e. The molecule has 3 rings (SSSR count). The second-order valence-corrected chi connectivity index (χ2v) is 6.35. The number of fused-ring (bicyclic) bond motifs is 1. The van der Waals surface area contributed by atoms with Crippen LogP contribution in [0.2, 0.25) is 0 Å². The third kappa shape index (κ3) is 2.39. The molecule has 1 saturated carbocycles. The number of benzene rings is 1. The van der Waals surface area contributed by atoms with E-state index < -0.39 is 0 Å². The van der Waals surface area contributed by atoms with Gasteiger partial charge in [-0.25, -0.2) is 0 Å². The van der Waals surface area contributed by atoms with Gasteiger partial charge >= 0.3 is 0 Å². The van der Waals surface area contributed by atoms with Gasteiger partial charge in [0.1, 0.15) is 11.9 Å². The number of ether oxygens (including phenoxy) is 1. The molecule has 1 N–H and O–H groups in total. The van der Waals surface area contributed by atoms with Crippen molar-refractivity contribution < 1.29 is 4.74 Å². The maximum Gasteiger partial charge on any atom is 0.123 e. The van der Waals surface area contributed by atoms with Crippen LogP contribution in [-0.2, 0) is 6.42 Å². The molecule has 0 saturated heterocycles. The summed E-state index contributed by atoms with van der Waals surface area (Å²) in [5, 5.41) is 3.59. The number of hydrogen-bond donors (Lipinski definition) is 1. The Morgan fingerprint density at radius 2 is 2.22 bits per heavy atom. The quantitative estimate of drug-likeness (QED) is 0.880. The van der Waals surface area contributed by atoms with Gasteiger partial charge in [-0.1, -0.05) is 31.0 Å². The summed E-state index contributed by atoms with van der Waals surface area (Å²) >= 11 is 0. The summed E-state index contributed by atoms with van der Waals surface area (Å²) < 4.78 is 5.97. The minimum absolute atomic E-state index is 0.325. The van der Waals surface area contributed by atoms with Crippen molar-refractivity contribution in [3.05, 3.63) is 29.3 Å². The lowest BCUT2D eigenvalue weighted by Crippen LogP contribution is -2.41. The van der Waals surface area contributed by atoms with Crippen LogP contribution in [0.4, 0.5) is 0 Å². The van der Waals surface area contributed by atoms with Crippen LogP contribution in [0, 0.1) is 12.3 Å². The maximum atomic E-state index is 5.97. The van der Waals surface area contributed by atoms with Crippen molar-refractivity contribution >= 4 is 0 Å². The van der Waals surface area contributed by atoms with Crippen LogP contribution < -0.4 is 10.1 Å². The molecule has 1 aliphatic carbocycles. The fourth-order valence-electron chi connectivity index (χ4n) is 3.06. The van der Waals surface area contributed by atoms with E-state index in [4.69, 9.17) is 4.74 Å². The van der Waals surface area contributed by atoms with Gasteiger partial charge in [-0.2, -0.15) is 0 Å². The number of hydrogen-bond acceptors (Lipinski definition) is 2. The summed E-state index contributed by atoms with van der Waals surface area (Å²) in [7, 11) is 0. The van der Waals surface area contributed by atoms with E-state index in [0.717, 1.165) is 25.3 Å². The van der Waals surface area contributed by atoms with Gasteiger partial charge < -0.3 is 10.1 Å². The molecule has 1 fully saturated rings. The van der Waals surface area contributed by atoms with Crippen molar-refractivity contribution in [2.45, 2.75) is 45.6 Å². The molecule has 18 heavy (non-hydrogen) atoms. The molecule has 1 aliphatic heterocycles. The van der Waals surface area contributed by atoms with E-state index in [-0.39, 0.29) is 0 Å². The molecular weight excluding hydrogens is 222 g/mol. The van der Waals surface area contributed by atoms with Crippen LogP contribution in [-0.4, -0.2) is 19.2 Å². The summed E-state index contributed by atoms with van der Waals surface area (Å²) in [5.41, 5.74) is 3.26. The highest BCUT2D eigenvalue weighted by Crippen LogP contribution is 2.39. The highest BCUT2D eigenvalue weighted by molar-refractivity contribution is 5.40. The van der Waals surface area contributed by atoms with Crippen molar-refractivity contribution in [2.75, 3.05) is 13.1 Å². The average Bonchev–Trinajstić information content (AvgIpc) is 2.68. The highest BCUT2D eigenvalue weighted by Gasteiger charge is 2.31. The summed E-state index contributed by atoms with van der Waals surface area (Å²) in [6.07, 6.45) is 5.55. The Morgan fingerprint density at radius 1 is 1.39 bits per heavy atom. The molecule has 1 aromatic carbocycles. The first-order valence-corrected chi connectivity index (χ1v) is 7.12. The number of nitrogens with one attached hydrogen (secondary N) is 1. The van der Waals surface area contributed by atoms with Gasteiger partial charge in [0.25, 0.3) is 0 Å². The third-order valence-electron chi connectivity index (χ3n) is 4.44. The van der Waals surface area contributed by atoms with Crippen molar-refractivity contribution in [3.8, 4) is 5.75 Å².